The summed E-state index contributed by atoms with van der Waals surface area (Å²) in [7, 11) is -6.25. The van der Waals surface area contributed by atoms with E-state index in [9.17, 15) is 31.2 Å². The lowest BCUT2D eigenvalue weighted by atomic mass is 9.89. The van der Waals surface area contributed by atoms with Crippen LogP contribution in [0.5, 0.6) is 0 Å². The van der Waals surface area contributed by atoms with Crippen LogP contribution in [0.25, 0.3) is 33.4 Å². The van der Waals surface area contributed by atoms with Gasteiger partial charge in [0.05, 0.1) is 22.3 Å². The van der Waals surface area contributed by atoms with Crippen LogP contribution in [0.3, 0.4) is 0 Å². The Balaban J connectivity index is 1.46. The first-order chi connectivity index (χ1) is 19.1. The van der Waals surface area contributed by atoms with Crippen LogP contribution >= 0.6 is 0 Å². The first-order valence-electron chi connectivity index (χ1n) is 12.8. The SMILES string of the molecule is O=C1c2cccc3c(-n4cc(/C=C/C5CCCCC5)c5ccccc54)ccc(c23)C(=O)N1OS(=O)(=O)C(F)(F)F. The number of amides is 2. The van der Waals surface area contributed by atoms with Crippen molar-refractivity contribution in [1.82, 2.24) is 9.63 Å². The van der Waals surface area contributed by atoms with Gasteiger partial charge >= 0.3 is 15.6 Å². The fourth-order valence-electron chi connectivity index (χ4n) is 5.58. The van der Waals surface area contributed by atoms with E-state index in [4.69, 9.17) is 0 Å². The van der Waals surface area contributed by atoms with Crippen LogP contribution in [0.4, 0.5) is 13.2 Å². The quantitative estimate of drug-likeness (QED) is 0.196. The van der Waals surface area contributed by atoms with E-state index in [2.05, 4.69) is 16.4 Å². The second-order valence-corrected chi connectivity index (χ2v) is 11.5. The lowest BCUT2D eigenvalue weighted by Crippen LogP contribution is -2.44. The molecular formula is C29H23F3N2O5S. The Morgan fingerprint density at radius 3 is 2.25 bits per heavy atom. The summed E-state index contributed by atoms with van der Waals surface area (Å²) in [6, 6.07) is 15.3. The number of carbonyl (C=O) groups excluding carboxylic acids is 2. The molecule has 1 aliphatic heterocycles. The molecule has 1 fully saturated rings. The number of benzene rings is 3. The van der Waals surface area contributed by atoms with Crippen molar-refractivity contribution in [3.63, 3.8) is 0 Å². The number of carbonyl (C=O) groups is 2. The van der Waals surface area contributed by atoms with Crippen molar-refractivity contribution in [3.8, 4) is 5.69 Å². The van der Waals surface area contributed by atoms with Gasteiger partial charge in [0, 0.05) is 27.9 Å². The van der Waals surface area contributed by atoms with Crippen molar-refractivity contribution in [1.29, 1.82) is 0 Å². The summed E-state index contributed by atoms with van der Waals surface area (Å²) in [5.41, 5.74) is -3.58. The van der Waals surface area contributed by atoms with E-state index in [1.54, 1.807) is 12.1 Å². The molecule has 11 heteroatoms. The summed E-state index contributed by atoms with van der Waals surface area (Å²) in [4.78, 5) is 26.1. The third-order valence-electron chi connectivity index (χ3n) is 7.50. The van der Waals surface area contributed by atoms with Gasteiger partial charge in [-0.3, -0.25) is 9.59 Å². The smallest absolute Gasteiger partial charge is 0.315 e. The standard InChI is InChI=1S/C29H23F3N2O5S/c30-29(31,32)40(37,38)39-34-27(35)22-11-6-10-21-25(16-15-23(26(21)22)28(34)36)33-17-19(20-9-4-5-12-24(20)33)14-13-18-7-2-1-3-8-18/h4-6,9-18H,1-3,7-8H2/b14-13+. The zero-order valence-electron chi connectivity index (χ0n) is 21.0. The zero-order valence-corrected chi connectivity index (χ0v) is 21.8. The first kappa shape index (κ1) is 26.3. The van der Waals surface area contributed by atoms with Gasteiger partial charge in [-0.25, -0.2) is 0 Å². The number of hydrogen-bond donors (Lipinski definition) is 0. The van der Waals surface area contributed by atoms with E-state index in [-0.39, 0.29) is 21.6 Å². The summed E-state index contributed by atoms with van der Waals surface area (Å²) in [5.74, 6) is -2.08. The molecule has 4 aromatic rings. The number of aromatic nitrogens is 1. The number of rotatable bonds is 5. The highest BCUT2D eigenvalue weighted by atomic mass is 32.2. The first-order valence-corrected chi connectivity index (χ1v) is 14.2. The molecule has 7 nitrogen and oxygen atoms in total. The normalized spacial score (nSPS) is 17.0. The van der Waals surface area contributed by atoms with Crippen LogP contribution in [0, 0.1) is 5.92 Å². The van der Waals surface area contributed by atoms with Crippen LogP contribution in [-0.4, -0.2) is 35.4 Å². The molecular weight excluding hydrogens is 545 g/mol. The van der Waals surface area contributed by atoms with Crippen molar-refractivity contribution in [2.45, 2.75) is 37.6 Å². The van der Waals surface area contributed by atoms with Gasteiger partial charge in [0.1, 0.15) is 0 Å². The molecule has 2 aliphatic rings. The van der Waals surface area contributed by atoms with Crippen LogP contribution in [-0.2, 0) is 14.4 Å². The molecule has 0 saturated heterocycles. The number of fused-ring (bicyclic) bond motifs is 1. The highest BCUT2D eigenvalue weighted by Crippen LogP contribution is 2.37. The molecule has 0 atom stereocenters. The van der Waals surface area contributed by atoms with Gasteiger partial charge in [0.2, 0.25) is 0 Å². The Kier molecular flexibility index (Phi) is 6.30. The summed E-state index contributed by atoms with van der Waals surface area (Å²) < 4.78 is 67.9. The van der Waals surface area contributed by atoms with Gasteiger partial charge in [-0.2, -0.15) is 21.6 Å². The van der Waals surface area contributed by atoms with Gasteiger partial charge in [0.25, 0.3) is 11.8 Å². The molecule has 1 aliphatic carbocycles. The van der Waals surface area contributed by atoms with Gasteiger partial charge in [0.15, 0.2) is 0 Å². The molecule has 0 spiro atoms. The maximum absolute atomic E-state index is 13.1. The van der Waals surface area contributed by atoms with Crippen LogP contribution in [0.15, 0.2) is 66.9 Å². The average Bonchev–Trinajstić information content (AvgIpc) is 3.31. The predicted molar refractivity (Wildman–Crippen MR) is 143 cm³/mol. The lowest BCUT2D eigenvalue weighted by molar-refractivity contribution is -0.0761. The molecule has 2 amide bonds. The summed E-state index contributed by atoms with van der Waals surface area (Å²) >= 11 is 0. The summed E-state index contributed by atoms with van der Waals surface area (Å²) in [5, 5.41) is 1.37. The molecule has 40 heavy (non-hydrogen) atoms. The number of allylic oxidation sites excluding steroid dienone is 1. The Labute approximate surface area is 227 Å². The van der Waals surface area contributed by atoms with Gasteiger partial charge in [-0.15, -0.1) is 9.35 Å². The number of para-hydroxylation sites is 1. The van der Waals surface area contributed by atoms with E-state index in [1.165, 1.54) is 37.5 Å². The second kappa shape index (κ2) is 9.60. The minimum Gasteiger partial charge on any atom is -0.315 e. The van der Waals surface area contributed by atoms with Crippen LogP contribution in [0.1, 0.15) is 58.4 Å². The largest absolute Gasteiger partial charge is 0.525 e. The molecule has 0 unspecified atom stereocenters. The lowest BCUT2D eigenvalue weighted by Gasteiger charge is -2.26. The Hall–Kier alpha value is -3.96. The van der Waals surface area contributed by atoms with Gasteiger partial charge < -0.3 is 4.57 Å². The Bertz CT molecular complexity index is 1800. The zero-order chi connectivity index (χ0) is 28.2. The molecule has 1 aromatic heterocycles. The molecule has 2 heterocycles. The second-order valence-electron chi connectivity index (χ2n) is 9.97. The molecule has 0 radical (unpaired) electrons. The highest BCUT2D eigenvalue weighted by molar-refractivity contribution is 7.87. The number of hydroxylamine groups is 2. The number of imide groups is 1. The van der Waals surface area contributed by atoms with Crippen LogP contribution < -0.4 is 0 Å². The van der Waals surface area contributed by atoms with Crippen molar-refractivity contribution in [3.05, 3.63) is 83.6 Å². The maximum Gasteiger partial charge on any atom is 0.525 e. The molecule has 206 valence electrons. The van der Waals surface area contributed by atoms with Crippen molar-refractivity contribution >= 4 is 49.7 Å². The van der Waals surface area contributed by atoms with E-state index in [0.717, 1.165) is 29.3 Å². The van der Waals surface area contributed by atoms with Gasteiger partial charge in [-0.1, -0.05) is 61.7 Å². The number of halogens is 3. The van der Waals surface area contributed by atoms with E-state index in [0.29, 0.717) is 17.0 Å². The van der Waals surface area contributed by atoms with E-state index < -0.39 is 27.4 Å². The molecule has 1 saturated carbocycles. The van der Waals surface area contributed by atoms with Crippen molar-refractivity contribution in [2.75, 3.05) is 0 Å². The van der Waals surface area contributed by atoms with Crippen LogP contribution in [0.2, 0.25) is 0 Å². The topological polar surface area (TPSA) is 85.7 Å². The third kappa shape index (κ3) is 4.29. The monoisotopic (exact) mass is 568 g/mol. The third-order valence-corrected chi connectivity index (χ3v) is 8.42. The molecule has 0 N–H and O–H groups in total. The number of alkyl halides is 3. The minimum atomic E-state index is -6.25. The Morgan fingerprint density at radius 2 is 1.52 bits per heavy atom. The Morgan fingerprint density at radius 1 is 0.850 bits per heavy atom. The average molecular weight is 569 g/mol. The molecule has 0 bridgehead atoms. The van der Waals surface area contributed by atoms with Crippen molar-refractivity contribution < 1.29 is 35.5 Å². The minimum absolute atomic E-state index is 0.153. The fraction of sp³-hybridized carbons (Fsp3) is 0.241. The highest BCUT2D eigenvalue weighted by Gasteiger charge is 2.51. The van der Waals surface area contributed by atoms with Gasteiger partial charge in [-0.05, 0) is 43.0 Å². The maximum atomic E-state index is 13.1. The summed E-state index contributed by atoms with van der Waals surface area (Å²) in [6.45, 7) is 0. The van der Waals surface area contributed by atoms with Crippen molar-refractivity contribution in [2.24, 2.45) is 5.92 Å². The molecule has 6 rings (SSSR count). The van der Waals surface area contributed by atoms with E-state index >= 15 is 0 Å². The predicted octanol–water partition coefficient (Wildman–Crippen LogP) is 6.75. The van der Waals surface area contributed by atoms with E-state index in [1.807, 2.05) is 35.0 Å². The number of hydrogen-bond acceptors (Lipinski definition) is 5. The fourth-order valence-corrected chi connectivity index (χ4v) is 6.00. The molecule has 3 aromatic carbocycles. The number of nitrogens with zero attached hydrogens (tertiary/aromatic N) is 2. The summed E-state index contributed by atoms with van der Waals surface area (Å²) in [6.07, 6.45) is 12.4.